The van der Waals surface area contributed by atoms with E-state index in [0.29, 0.717) is 25.2 Å². The SMILES string of the molecule is CCOCCCN1C(=O)C(Nc2cccc(OC(F)(F)F)c2)=C(c2ccccc2)C1=O. The molecule has 1 aliphatic rings. The molecule has 1 heterocycles. The summed E-state index contributed by atoms with van der Waals surface area (Å²) >= 11 is 0. The summed E-state index contributed by atoms with van der Waals surface area (Å²) in [5, 5.41) is 2.82. The van der Waals surface area contributed by atoms with Crippen LogP contribution in [-0.2, 0) is 14.3 Å². The Kier molecular flexibility index (Phi) is 6.96. The minimum atomic E-state index is -4.84. The summed E-state index contributed by atoms with van der Waals surface area (Å²) < 4.78 is 46.8. The van der Waals surface area contributed by atoms with Crippen molar-refractivity contribution >= 4 is 23.1 Å². The number of hydrogen-bond acceptors (Lipinski definition) is 5. The lowest BCUT2D eigenvalue weighted by atomic mass is 10.0. The summed E-state index contributed by atoms with van der Waals surface area (Å²) in [7, 11) is 0. The van der Waals surface area contributed by atoms with Gasteiger partial charge in [-0.3, -0.25) is 14.5 Å². The minimum Gasteiger partial charge on any atom is -0.406 e. The Balaban J connectivity index is 1.90. The number of halogens is 3. The molecule has 2 aromatic rings. The number of nitrogens with one attached hydrogen (secondary N) is 1. The van der Waals surface area contributed by atoms with Crippen LogP contribution in [-0.4, -0.2) is 42.8 Å². The minimum absolute atomic E-state index is 0.00299. The van der Waals surface area contributed by atoms with Gasteiger partial charge in [-0.1, -0.05) is 36.4 Å². The van der Waals surface area contributed by atoms with E-state index in [2.05, 4.69) is 10.1 Å². The van der Waals surface area contributed by atoms with Crippen molar-refractivity contribution in [2.45, 2.75) is 19.7 Å². The van der Waals surface area contributed by atoms with E-state index in [1.165, 1.54) is 12.1 Å². The van der Waals surface area contributed by atoms with E-state index in [9.17, 15) is 22.8 Å². The Morgan fingerprint density at radius 1 is 1.00 bits per heavy atom. The van der Waals surface area contributed by atoms with E-state index in [1.807, 2.05) is 6.92 Å². The third-order valence-corrected chi connectivity index (χ3v) is 4.44. The van der Waals surface area contributed by atoms with E-state index in [0.717, 1.165) is 17.0 Å². The first-order chi connectivity index (χ1) is 14.8. The van der Waals surface area contributed by atoms with E-state index in [1.54, 1.807) is 30.3 Å². The molecule has 3 rings (SSSR count). The highest BCUT2D eigenvalue weighted by Gasteiger charge is 2.39. The number of benzene rings is 2. The van der Waals surface area contributed by atoms with Crippen LogP contribution in [0.5, 0.6) is 5.75 Å². The second kappa shape index (κ2) is 9.65. The van der Waals surface area contributed by atoms with Gasteiger partial charge in [0.25, 0.3) is 11.8 Å². The van der Waals surface area contributed by atoms with Gasteiger partial charge in [0.15, 0.2) is 0 Å². The van der Waals surface area contributed by atoms with Crippen molar-refractivity contribution in [3.05, 3.63) is 65.9 Å². The van der Waals surface area contributed by atoms with Gasteiger partial charge in [0.2, 0.25) is 0 Å². The number of carbonyl (C=O) groups excluding carboxylic acids is 2. The smallest absolute Gasteiger partial charge is 0.406 e. The maximum atomic E-state index is 13.0. The number of carbonyl (C=O) groups is 2. The van der Waals surface area contributed by atoms with Crippen LogP contribution in [0.3, 0.4) is 0 Å². The fourth-order valence-electron chi connectivity index (χ4n) is 3.15. The third kappa shape index (κ3) is 5.64. The second-order valence-corrected chi connectivity index (χ2v) is 6.63. The molecule has 164 valence electrons. The van der Waals surface area contributed by atoms with Crippen LogP contribution in [0.4, 0.5) is 18.9 Å². The van der Waals surface area contributed by atoms with Crippen molar-refractivity contribution in [2.24, 2.45) is 0 Å². The molecule has 0 aliphatic carbocycles. The lowest BCUT2D eigenvalue weighted by molar-refractivity contribution is -0.274. The second-order valence-electron chi connectivity index (χ2n) is 6.63. The molecule has 1 N–H and O–H groups in total. The summed E-state index contributed by atoms with van der Waals surface area (Å²) in [6.45, 7) is 2.93. The topological polar surface area (TPSA) is 67.9 Å². The summed E-state index contributed by atoms with van der Waals surface area (Å²) in [5.74, 6) is -1.47. The van der Waals surface area contributed by atoms with Crippen LogP contribution in [0.25, 0.3) is 5.57 Å². The normalized spacial score (nSPS) is 14.4. The number of hydrogen-bond donors (Lipinski definition) is 1. The summed E-state index contributed by atoms with van der Waals surface area (Å²) in [6.07, 6.45) is -4.38. The highest BCUT2D eigenvalue weighted by atomic mass is 19.4. The highest BCUT2D eigenvalue weighted by molar-refractivity contribution is 6.36. The number of amides is 2. The third-order valence-electron chi connectivity index (χ3n) is 4.44. The van der Waals surface area contributed by atoms with Crippen molar-refractivity contribution in [3.8, 4) is 5.75 Å². The molecule has 0 bridgehead atoms. The van der Waals surface area contributed by atoms with Crippen LogP contribution in [0.1, 0.15) is 18.9 Å². The molecule has 0 radical (unpaired) electrons. The molecule has 0 aromatic heterocycles. The van der Waals surface area contributed by atoms with Gasteiger partial charge in [-0.25, -0.2) is 0 Å². The molecule has 9 heteroatoms. The Labute approximate surface area is 177 Å². The van der Waals surface area contributed by atoms with Crippen LogP contribution in [0.15, 0.2) is 60.3 Å². The molecule has 6 nitrogen and oxygen atoms in total. The molecule has 2 amide bonds. The molecule has 1 aliphatic heterocycles. The number of ether oxygens (including phenoxy) is 2. The number of nitrogens with zero attached hydrogens (tertiary/aromatic N) is 1. The fraction of sp³-hybridized carbons (Fsp3) is 0.273. The van der Waals surface area contributed by atoms with Crippen molar-refractivity contribution < 1.29 is 32.2 Å². The highest BCUT2D eigenvalue weighted by Crippen LogP contribution is 2.32. The average molecular weight is 434 g/mol. The first-order valence-corrected chi connectivity index (χ1v) is 9.66. The van der Waals surface area contributed by atoms with Crippen molar-refractivity contribution in [2.75, 3.05) is 25.1 Å². The van der Waals surface area contributed by atoms with Crippen molar-refractivity contribution in [1.29, 1.82) is 0 Å². The standard InChI is InChI=1S/C22H21F3N2O4/c1-2-30-13-7-12-27-20(28)18(15-8-4-3-5-9-15)19(21(27)29)26-16-10-6-11-17(14-16)31-22(23,24)25/h3-6,8-11,14,26H,2,7,12-13H2,1H3. The molecule has 0 fully saturated rings. The Bertz CT molecular complexity index is 974. The van der Waals surface area contributed by atoms with Gasteiger partial charge in [-0.15, -0.1) is 13.2 Å². The van der Waals surface area contributed by atoms with Gasteiger partial charge in [-0.05, 0) is 31.0 Å². The first-order valence-electron chi connectivity index (χ1n) is 9.66. The number of rotatable bonds is 9. The summed E-state index contributed by atoms with van der Waals surface area (Å²) in [4.78, 5) is 27.2. The zero-order chi connectivity index (χ0) is 22.4. The van der Waals surface area contributed by atoms with Gasteiger partial charge in [0.05, 0.1) is 5.57 Å². The zero-order valence-electron chi connectivity index (χ0n) is 16.7. The molecule has 0 atom stereocenters. The molecule has 31 heavy (non-hydrogen) atoms. The van der Waals surface area contributed by atoms with Crippen LogP contribution in [0.2, 0.25) is 0 Å². The fourth-order valence-corrected chi connectivity index (χ4v) is 3.15. The van der Waals surface area contributed by atoms with E-state index in [4.69, 9.17) is 4.74 Å². The monoisotopic (exact) mass is 434 g/mol. The van der Waals surface area contributed by atoms with Gasteiger partial charge < -0.3 is 14.8 Å². The maximum Gasteiger partial charge on any atom is 0.573 e. The van der Waals surface area contributed by atoms with Gasteiger partial charge in [-0.2, -0.15) is 0 Å². The predicted molar refractivity (Wildman–Crippen MR) is 108 cm³/mol. The van der Waals surface area contributed by atoms with Gasteiger partial charge in [0, 0.05) is 31.5 Å². The van der Waals surface area contributed by atoms with E-state index in [-0.39, 0.29) is 23.5 Å². The molecular formula is C22H21F3N2O4. The molecular weight excluding hydrogens is 413 g/mol. The molecule has 2 aromatic carbocycles. The predicted octanol–water partition coefficient (Wildman–Crippen LogP) is 4.20. The lowest BCUT2D eigenvalue weighted by Gasteiger charge is -2.15. The zero-order valence-corrected chi connectivity index (χ0v) is 16.7. The van der Waals surface area contributed by atoms with Crippen molar-refractivity contribution in [3.63, 3.8) is 0 Å². The van der Waals surface area contributed by atoms with Gasteiger partial charge >= 0.3 is 6.36 Å². The average Bonchev–Trinajstić information content (AvgIpc) is 2.95. The Hall–Kier alpha value is -3.33. The van der Waals surface area contributed by atoms with E-state index < -0.39 is 23.9 Å². The quantitative estimate of drug-likeness (QED) is 0.473. The lowest BCUT2D eigenvalue weighted by Crippen LogP contribution is -2.34. The van der Waals surface area contributed by atoms with Crippen LogP contribution >= 0.6 is 0 Å². The first kappa shape index (κ1) is 22.4. The van der Waals surface area contributed by atoms with Crippen molar-refractivity contribution in [1.82, 2.24) is 4.90 Å². The Morgan fingerprint density at radius 2 is 1.74 bits per heavy atom. The largest absolute Gasteiger partial charge is 0.573 e. The number of anilines is 1. The number of imide groups is 1. The molecule has 0 spiro atoms. The van der Waals surface area contributed by atoms with Crippen LogP contribution < -0.4 is 10.1 Å². The summed E-state index contributed by atoms with van der Waals surface area (Å²) in [5.41, 5.74) is 0.863. The number of alkyl halides is 3. The molecule has 0 saturated carbocycles. The van der Waals surface area contributed by atoms with Gasteiger partial charge in [0.1, 0.15) is 11.4 Å². The molecule has 0 unspecified atom stereocenters. The van der Waals surface area contributed by atoms with Crippen LogP contribution in [0, 0.1) is 0 Å². The summed E-state index contributed by atoms with van der Waals surface area (Å²) in [6, 6.07) is 13.7. The van der Waals surface area contributed by atoms with E-state index >= 15 is 0 Å². The molecule has 0 saturated heterocycles. The maximum absolute atomic E-state index is 13.0. The Morgan fingerprint density at radius 3 is 2.42 bits per heavy atom.